The van der Waals surface area contributed by atoms with Gasteiger partial charge in [-0.05, 0) is 12.8 Å². The van der Waals surface area contributed by atoms with Crippen molar-refractivity contribution in [3.8, 4) is 0 Å². The fourth-order valence-electron chi connectivity index (χ4n) is 2.03. The van der Waals surface area contributed by atoms with Crippen LogP contribution in [0.2, 0.25) is 0 Å². The van der Waals surface area contributed by atoms with E-state index in [-0.39, 0.29) is 23.7 Å². The molecule has 0 amide bonds. The molecule has 0 aromatic heterocycles. The van der Waals surface area contributed by atoms with Crippen molar-refractivity contribution >= 4 is 25.8 Å². The van der Waals surface area contributed by atoms with Crippen LogP contribution >= 0.6 is 0 Å². The molecule has 1 saturated heterocycles. The molecule has 1 unspecified atom stereocenters. The number of nitrogens with zero attached hydrogens (tertiary/aromatic N) is 1. The van der Waals surface area contributed by atoms with Crippen LogP contribution in [0.4, 0.5) is 0 Å². The number of carboxylic acids is 1. The molecule has 0 aliphatic carbocycles. The van der Waals surface area contributed by atoms with Gasteiger partial charge in [-0.15, -0.1) is 0 Å². The third-order valence-corrected chi connectivity index (χ3v) is 6.72. The van der Waals surface area contributed by atoms with Crippen molar-refractivity contribution in [2.45, 2.75) is 32.2 Å². The Hall–Kier alpha value is -0.670. The number of sulfonamides is 1. The fraction of sp³-hybridized carbons (Fsp3) is 0.900. The molecule has 1 atom stereocenters. The monoisotopic (exact) mass is 313 g/mol. The van der Waals surface area contributed by atoms with Crippen LogP contribution in [0.3, 0.4) is 0 Å². The summed E-state index contributed by atoms with van der Waals surface area (Å²) in [5, 5.41) is 8.81. The Labute approximate surface area is 113 Å². The van der Waals surface area contributed by atoms with Gasteiger partial charge in [0.15, 0.2) is 9.84 Å². The SMILES string of the molecule is CCCCS(=O)(=O)N(CC(=O)O)C1CCS(=O)(=O)C1. The van der Waals surface area contributed by atoms with Crippen molar-refractivity contribution in [1.29, 1.82) is 0 Å². The molecule has 0 spiro atoms. The second-order valence-electron chi connectivity index (χ2n) is 4.67. The van der Waals surface area contributed by atoms with Crippen molar-refractivity contribution < 1.29 is 26.7 Å². The molecule has 0 aromatic carbocycles. The van der Waals surface area contributed by atoms with Crippen molar-refractivity contribution in [3.63, 3.8) is 0 Å². The normalized spacial score (nSPS) is 22.7. The molecule has 1 heterocycles. The number of carboxylic acid groups (broad SMARTS) is 1. The van der Waals surface area contributed by atoms with E-state index in [1.165, 1.54) is 0 Å². The Bertz CT molecular complexity index is 524. The molecular weight excluding hydrogens is 294 g/mol. The van der Waals surface area contributed by atoms with E-state index < -0.39 is 38.4 Å². The van der Waals surface area contributed by atoms with Crippen LogP contribution in [-0.4, -0.2) is 62.1 Å². The smallest absolute Gasteiger partial charge is 0.318 e. The summed E-state index contributed by atoms with van der Waals surface area (Å²) in [6.07, 6.45) is 1.27. The minimum Gasteiger partial charge on any atom is -0.480 e. The second-order valence-corrected chi connectivity index (χ2v) is 8.94. The predicted octanol–water partition coefficient (Wildman–Crippen LogP) is -0.310. The average Bonchev–Trinajstić information content (AvgIpc) is 2.63. The van der Waals surface area contributed by atoms with Gasteiger partial charge in [0.1, 0.15) is 6.54 Å². The van der Waals surface area contributed by atoms with Gasteiger partial charge >= 0.3 is 5.97 Å². The molecule has 0 radical (unpaired) electrons. The first-order valence-electron chi connectivity index (χ1n) is 6.09. The van der Waals surface area contributed by atoms with Gasteiger partial charge in [-0.3, -0.25) is 4.79 Å². The van der Waals surface area contributed by atoms with E-state index in [1.54, 1.807) is 0 Å². The van der Waals surface area contributed by atoms with Crippen LogP contribution in [0.5, 0.6) is 0 Å². The van der Waals surface area contributed by atoms with Crippen molar-refractivity contribution in [2.75, 3.05) is 23.8 Å². The third kappa shape index (κ3) is 4.73. The molecule has 1 aliphatic heterocycles. The standard InChI is InChI=1S/C10H19NO6S2/c1-2-3-5-19(16,17)11(7-10(12)13)9-4-6-18(14,15)8-9/h9H,2-8H2,1H3,(H,12,13). The Morgan fingerprint density at radius 3 is 2.47 bits per heavy atom. The Morgan fingerprint density at radius 1 is 1.42 bits per heavy atom. The minimum atomic E-state index is -3.73. The maximum atomic E-state index is 12.1. The van der Waals surface area contributed by atoms with Crippen molar-refractivity contribution in [2.24, 2.45) is 0 Å². The summed E-state index contributed by atoms with van der Waals surface area (Å²) >= 11 is 0. The lowest BCUT2D eigenvalue weighted by atomic mass is 10.2. The number of aliphatic carboxylic acids is 1. The molecule has 1 rings (SSSR count). The average molecular weight is 313 g/mol. The van der Waals surface area contributed by atoms with Gasteiger partial charge in [-0.2, -0.15) is 4.31 Å². The molecule has 1 fully saturated rings. The lowest BCUT2D eigenvalue weighted by molar-refractivity contribution is -0.137. The van der Waals surface area contributed by atoms with Crippen LogP contribution in [-0.2, 0) is 24.7 Å². The first kappa shape index (κ1) is 16.4. The maximum absolute atomic E-state index is 12.1. The van der Waals surface area contributed by atoms with Gasteiger partial charge < -0.3 is 5.11 Å². The largest absolute Gasteiger partial charge is 0.480 e. The Balaban J connectivity index is 2.92. The van der Waals surface area contributed by atoms with Crippen molar-refractivity contribution in [3.05, 3.63) is 0 Å². The summed E-state index contributed by atoms with van der Waals surface area (Å²) in [6, 6.07) is -0.747. The van der Waals surface area contributed by atoms with Gasteiger partial charge in [0, 0.05) is 6.04 Å². The predicted molar refractivity (Wildman–Crippen MR) is 70.1 cm³/mol. The van der Waals surface area contributed by atoms with E-state index in [0.717, 1.165) is 4.31 Å². The minimum absolute atomic E-state index is 0.0862. The summed E-state index contributed by atoms with van der Waals surface area (Å²) in [5.41, 5.74) is 0. The van der Waals surface area contributed by atoms with E-state index >= 15 is 0 Å². The molecule has 0 saturated carbocycles. The third-order valence-electron chi connectivity index (χ3n) is 3.02. The molecule has 19 heavy (non-hydrogen) atoms. The summed E-state index contributed by atoms with van der Waals surface area (Å²) < 4.78 is 47.8. The van der Waals surface area contributed by atoms with Gasteiger partial charge in [-0.1, -0.05) is 13.3 Å². The first-order chi connectivity index (χ1) is 8.68. The van der Waals surface area contributed by atoms with E-state index in [2.05, 4.69) is 0 Å². The van der Waals surface area contributed by atoms with Gasteiger partial charge in [0.25, 0.3) is 0 Å². The Morgan fingerprint density at radius 2 is 2.05 bits per heavy atom. The number of unbranched alkanes of at least 4 members (excludes halogenated alkanes) is 1. The zero-order valence-electron chi connectivity index (χ0n) is 10.8. The summed E-state index contributed by atoms with van der Waals surface area (Å²) in [6.45, 7) is 1.16. The molecule has 112 valence electrons. The second kappa shape index (κ2) is 6.19. The van der Waals surface area contributed by atoms with Crippen LogP contribution in [0.15, 0.2) is 0 Å². The van der Waals surface area contributed by atoms with Crippen LogP contribution < -0.4 is 0 Å². The molecule has 7 nitrogen and oxygen atoms in total. The summed E-state index contributed by atoms with van der Waals surface area (Å²) in [4.78, 5) is 10.8. The number of sulfone groups is 1. The highest BCUT2D eigenvalue weighted by atomic mass is 32.2. The number of hydrogen-bond donors (Lipinski definition) is 1. The topological polar surface area (TPSA) is 109 Å². The van der Waals surface area contributed by atoms with Crippen LogP contribution in [0, 0.1) is 0 Å². The zero-order chi connectivity index (χ0) is 14.7. The highest BCUT2D eigenvalue weighted by Crippen LogP contribution is 2.21. The molecule has 0 bridgehead atoms. The first-order valence-corrected chi connectivity index (χ1v) is 9.53. The summed E-state index contributed by atoms with van der Waals surface area (Å²) in [5.74, 6) is -1.79. The molecule has 0 aromatic rings. The highest BCUT2D eigenvalue weighted by Gasteiger charge is 2.38. The molecule has 1 aliphatic rings. The molecular formula is C10H19NO6S2. The van der Waals surface area contributed by atoms with Crippen LogP contribution in [0.1, 0.15) is 26.2 Å². The summed E-state index contributed by atoms with van der Waals surface area (Å²) in [7, 11) is -6.98. The van der Waals surface area contributed by atoms with E-state index in [1.807, 2.05) is 6.92 Å². The Kier molecular flexibility index (Phi) is 5.34. The lowest BCUT2D eigenvalue weighted by Gasteiger charge is -2.25. The molecule has 1 N–H and O–H groups in total. The van der Waals surface area contributed by atoms with Gasteiger partial charge in [-0.25, -0.2) is 16.8 Å². The maximum Gasteiger partial charge on any atom is 0.318 e. The van der Waals surface area contributed by atoms with E-state index in [0.29, 0.717) is 12.8 Å². The number of carbonyl (C=O) groups is 1. The van der Waals surface area contributed by atoms with Gasteiger partial charge in [0.2, 0.25) is 10.0 Å². The lowest BCUT2D eigenvalue weighted by Crippen LogP contribution is -2.45. The van der Waals surface area contributed by atoms with E-state index in [4.69, 9.17) is 5.11 Å². The highest BCUT2D eigenvalue weighted by molar-refractivity contribution is 7.92. The van der Waals surface area contributed by atoms with E-state index in [9.17, 15) is 21.6 Å². The number of rotatable bonds is 7. The van der Waals surface area contributed by atoms with Crippen LogP contribution in [0.25, 0.3) is 0 Å². The molecule has 9 heteroatoms. The van der Waals surface area contributed by atoms with Gasteiger partial charge in [0.05, 0.1) is 17.3 Å². The van der Waals surface area contributed by atoms with Crippen molar-refractivity contribution in [1.82, 2.24) is 4.31 Å². The zero-order valence-corrected chi connectivity index (χ0v) is 12.4. The fourth-order valence-corrected chi connectivity index (χ4v) is 5.69. The number of hydrogen-bond acceptors (Lipinski definition) is 5. The quantitative estimate of drug-likeness (QED) is 0.690.